The van der Waals surface area contributed by atoms with Crippen LogP contribution in [0.25, 0.3) is 33.6 Å². The molecule has 0 saturated heterocycles. The van der Waals surface area contributed by atoms with Crippen LogP contribution in [-0.2, 0) is 14.3 Å². The monoisotopic (exact) mass is 532 g/mol. The van der Waals surface area contributed by atoms with Gasteiger partial charge in [-0.3, -0.25) is 4.79 Å². The van der Waals surface area contributed by atoms with Gasteiger partial charge in [-0.2, -0.15) is 0 Å². The number of carbonyl (C=O) groups is 2. The van der Waals surface area contributed by atoms with E-state index in [-0.39, 0.29) is 19.7 Å². The zero-order valence-corrected chi connectivity index (χ0v) is 21.4. The molecule has 0 amide bonds. The fourth-order valence-electron chi connectivity index (χ4n) is 4.21. The van der Waals surface area contributed by atoms with E-state index in [1.165, 1.54) is 0 Å². The van der Waals surface area contributed by atoms with Gasteiger partial charge < -0.3 is 14.4 Å². The molecule has 0 atom stereocenters. The first kappa shape index (κ1) is 24.8. The summed E-state index contributed by atoms with van der Waals surface area (Å²) < 4.78 is 10.5. The van der Waals surface area contributed by atoms with Gasteiger partial charge in [0, 0.05) is 26.7 Å². The fraction of sp³-hybridized carbons (Fsp3) is 0.138. The molecule has 5 rings (SSSR count). The van der Waals surface area contributed by atoms with Crippen LogP contribution in [0.4, 0.5) is 5.69 Å². The van der Waals surface area contributed by atoms with Gasteiger partial charge in [-0.05, 0) is 61.0 Å². The van der Waals surface area contributed by atoms with Crippen LogP contribution in [0.2, 0.25) is 10.0 Å². The molecule has 0 saturated carbocycles. The van der Waals surface area contributed by atoms with Crippen molar-refractivity contribution in [3.63, 3.8) is 0 Å². The van der Waals surface area contributed by atoms with Gasteiger partial charge in [-0.15, -0.1) is 0 Å². The Labute approximate surface area is 224 Å². The number of carbonyl (C=O) groups excluding carboxylic acids is 2. The maximum absolute atomic E-state index is 12.2. The lowest BCUT2D eigenvalue weighted by molar-refractivity contribution is -0.141. The Morgan fingerprint density at radius 3 is 2.38 bits per heavy atom. The Kier molecular flexibility index (Phi) is 7.12. The Morgan fingerprint density at radius 1 is 0.946 bits per heavy atom. The first-order valence-corrected chi connectivity index (χ1v) is 12.5. The van der Waals surface area contributed by atoms with Gasteiger partial charge in [0.1, 0.15) is 13.1 Å². The predicted molar refractivity (Wildman–Crippen MR) is 145 cm³/mol. The van der Waals surface area contributed by atoms with E-state index in [9.17, 15) is 9.59 Å². The average molecular weight is 533 g/mol. The fourth-order valence-corrected chi connectivity index (χ4v) is 4.58. The summed E-state index contributed by atoms with van der Waals surface area (Å²) >= 11 is 12.7. The lowest BCUT2D eigenvalue weighted by Crippen LogP contribution is -2.40. The van der Waals surface area contributed by atoms with Crippen molar-refractivity contribution < 1.29 is 19.1 Å². The van der Waals surface area contributed by atoms with Crippen LogP contribution in [0.1, 0.15) is 6.92 Å². The minimum atomic E-state index is -0.437. The minimum Gasteiger partial charge on any atom is -0.465 e. The molecule has 0 radical (unpaired) electrons. The van der Waals surface area contributed by atoms with E-state index in [0.29, 0.717) is 27.2 Å². The molecule has 3 aromatic carbocycles. The smallest absolute Gasteiger partial charge is 0.331 e. The Morgan fingerprint density at radius 2 is 1.65 bits per heavy atom. The summed E-state index contributed by atoms with van der Waals surface area (Å²) in [5, 5.41) is 1.26. The van der Waals surface area contributed by atoms with Crippen LogP contribution < -0.4 is 9.64 Å². The maximum atomic E-state index is 12.2. The number of hydrogen-bond donors (Lipinski definition) is 0. The summed E-state index contributed by atoms with van der Waals surface area (Å²) in [6.07, 6.45) is 0. The second-order valence-corrected chi connectivity index (χ2v) is 9.27. The van der Waals surface area contributed by atoms with Crippen molar-refractivity contribution in [2.24, 2.45) is 0 Å². The van der Waals surface area contributed by atoms with Crippen molar-refractivity contribution in [2.75, 3.05) is 24.6 Å². The van der Waals surface area contributed by atoms with E-state index >= 15 is 0 Å². The van der Waals surface area contributed by atoms with Crippen LogP contribution in [0.15, 0.2) is 78.9 Å². The number of esters is 2. The highest BCUT2D eigenvalue weighted by Crippen LogP contribution is 2.38. The molecule has 0 unspecified atom stereocenters. The van der Waals surface area contributed by atoms with Crippen molar-refractivity contribution in [2.45, 2.75) is 6.92 Å². The van der Waals surface area contributed by atoms with Crippen LogP contribution in [-0.4, -0.2) is 36.6 Å². The van der Waals surface area contributed by atoms with E-state index in [1.54, 1.807) is 17.9 Å². The van der Waals surface area contributed by atoms with E-state index in [2.05, 4.69) is 0 Å². The second kappa shape index (κ2) is 10.6. The van der Waals surface area contributed by atoms with E-state index in [0.717, 1.165) is 27.9 Å². The SMILES string of the molecule is CCOC(=O)CN1CC(=O)Oc2ccc(-c3cc(-c4ccccc4Cl)cc(-c4ccc(Cl)cc4)n3)cc21. The summed E-state index contributed by atoms with van der Waals surface area (Å²) in [7, 11) is 0. The number of fused-ring (bicyclic) bond motifs is 1. The van der Waals surface area contributed by atoms with E-state index < -0.39 is 11.9 Å². The van der Waals surface area contributed by atoms with Crippen LogP contribution in [0.5, 0.6) is 5.75 Å². The molecular formula is C29H22Cl2N2O4. The van der Waals surface area contributed by atoms with Gasteiger partial charge in [-0.1, -0.05) is 53.5 Å². The number of halogens is 2. The molecule has 2 heterocycles. The summed E-state index contributed by atoms with van der Waals surface area (Å²) in [4.78, 5) is 30.9. The lowest BCUT2D eigenvalue weighted by Gasteiger charge is -2.29. The average Bonchev–Trinajstić information content (AvgIpc) is 2.89. The maximum Gasteiger partial charge on any atom is 0.331 e. The van der Waals surface area contributed by atoms with Gasteiger partial charge in [0.15, 0.2) is 5.75 Å². The molecule has 4 aromatic rings. The third-order valence-corrected chi connectivity index (χ3v) is 6.50. The topological polar surface area (TPSA) is 68.7 Å². The molecule has 0 aliphatic carbocycles. The number of nitrogens with zero attached hydrogens (tertiary/aromatic N) is 2. The summed E-state index contributed by atoms with van der Waals surface area (Å²) in [6, 6.07) is 24.5. The van der Waals surface area contributed by atoms with Crippen molar-refractivity contribution in [1.82, 2.24) is 4.98 Å². The van der Waals surface area contributed by atoms with Crippen LogP contribution >= 0.6 is 23.2 Å². The van der Waals surface area contributed by atoms with Crippen molar-refractivity contribution >= 4 is 40.8 Å². The van der Waals surface area contributed by atoms with Gasteiger partial charge >= 0.3 is 11.9 Å². The molecule has 0 fully saturated rings. The highest BCUT2D eigenvalue weighted by molar-refractivity contribution is 6.33. The number of aromatic nitrogens is 1. The standard InChI is InChI=1S/C29H22Cl2N2O4/c1-2-36-28(34)16-33-17-29(35)37-27-12-9-19(15-26(27)33)25-14-20(22-5-3-4-6-23(22)31)13-24(32-25)18-7-10-21(30)11-8-18/h3-15H,2,16-17H2,1H3. The molecule has 1 aliphatic heterocycles. The highest BCUT2D eigenvalue weighted by atomic mass is 35.5. The number of pyridine rings is 1. The molecule has 0 spiro atoms. The zero-order chi connectivity index (χ0) is 25.9. The largest absolute Gasteiger partial charge is 0.465 e. The van der Waals surface area contributed by atoms with Gasteiger partial charge in [0.2, 0.25) is 0 Å². The van der Waals surface area contributed by atoms with E-state index in [1.807, 2.05) is 72.8 Å². The normalized spacial score (nSPS) is 12.6. The summed E-state index contributed by atoms with van der Waals surface area (Å²) in [5.41, 5.74) is 5.51. The molecule has 1 aromatic heterocycles. The third kappa shape index (κ3) is 5.45. The molecule has 1 aliphatic rings. The quantitative estimate of drug-likeness (QED) is 0.204. The first-order chi connectivity index (χ1) is 17.9. The molecule has 37 heavy (non-hydrogen) atoms. The summed E-state index contributed by atoms with van der Waals surface area (Å²) in [6.45, 7) is 1.88. The number of hydrogen-bond acceptors (Lipinski definition) is 6. The predicted octanol–water partition coefficient (Wildman–Crippen LogP) is 6.68. The zero-order valence-electron chi connectivity index (χ0n) is 19.9. The third-order valence-electron chi connectivity index (χ3n) is 5.91. The van der Waals surface area contributed by atoms with Gasteiger partial charge in [0.25, 0.3) is 0 Å². The Hall–Kier alpha value is -3.87. The van der Waals surface area contributed by atoms with Crippen LogP contribution in [0, 0.1) is 0 Å². The minimum absolute atomic E-state index is 0.0572. The van der Waals surface area contributed by atoms with Gasteiger partial charge in [0.05, 0.1) is 23.7 Å². The summed E-state index contributed by atoms with van der Waals surface area (Å²) in [5.74, 6) is -0.477. The molecule has 8 heteroatoms. The highest BCUT2D eigenvalue weighted by Gasteiger charge is 2.27. The van der Waals surface area contributed by atoms with Crippen molar-refractivity contribution in [3.8, 4) is 39.4 Å². The molecule has 186 valence electrons. The molecule has 0 N–H and O–H groups in total. The molecule has 0 bridgehead atoms. The number of rotatable bonds is 6. The lowest BCUT2D eigenvalue weighted by atomic mass is 9.99. The second-order valence-electron chi connectivity index (χ2n) is 8.43. The molecule has 6 nitrogen and oxygen atoms in total. The van der Waals surface area contributed by atoms with E-state index in [4.69, 9.17) is 37.7 Å². The number of benzene rings is 3. The van der Waals surface area contributed by atoms with Crippen LogP contribution in [0.3, 0.4) is 0 Å². The molecular weight excluding hydrogens is 511 g/mol. The van der Waals surface area contributed by atoms with Crippen molar-refractivity contribution in [1.29, 1.82) is 0 Å². The Bertz CT molecular complexity index is 1490. The number of ether oxygens (including phenoxy) is 2. The number of anilines is 1. The van der Waals surface area contributed by atoms with Crippen molar-refractivity contribution in [3.05, 3.63) is 88.9 Å². The first-order valence-electron chi connectivity index (χ1n) is 11.7. The Balaban J connectivity index is 1.63. The van der Waals surface area contributed by atoms with Gasteiger partial charge in [-0.25, -0.2) is 9.78 Å².